The summed E-state index contributed by atoms with van der Waals surface area (Å²) in [5.41, 5.74) is -0.248. The first-order chi connectivity index (χ1) is 8.60. The van der Waals surface area contributed by atoms with Gasteiger partial charge in [-0.25, -0.2) is 4.79 Å². The van der Waals surface area contributed by atoms with Gasteiger partial charge in [-0.3, -0.25) is 0 Å². The molecule has 1 saturated carbocycles. The minimum absolute atomic E-state index is 0.127. The highest BCUT2D eigenvalue weighted by molar-refractivity contribution is 9.10. The van der Waals surface area contributed by atoms with Crippen LogP contribution in [0, 0.1) is 5.92 Å². The number of hydrogen-bond donors (Lipinski definition) is 2. The fourth-order valence-corrected chi connectivity index (χ4v) is 2.54. The molecule has 2 N–H and O–H groups in total. The topological polar surface area (TPSA) is 58.6 Å². The summed E-state index contributed by atoms with van der Waals surface area (Å²) in [6.07, 6.45) is 1.85. The lowest BCUT2D eigenvalue weighted by molar-refractivity contribution is -0.145. The number of aliphatic carboxylic acids is 1. The van der Waals surface area contributed by atoms with E-state index in [2.05, 4.69) is 21.2 Å². The summed E-state index contributed by atoms with van der Waals surface area (Å²) in [5.74, 6) is -0.732. The van der Waals surface area contributed by atoms with Crippen LogP contribution in [0.3, 0.4) is 0 Å². The van der Waals surface area contributed by atoms with Crippen LogP contribution in [-0.2, 0) is 9.53 Å². The van der Waals surface area contributed by atoms with E-state index in [1.54, 1.807) is 0 Å². The van der Waals surface area contributed by atoms with Crippen LogP contribution in [0.2, 0.25) is 0 Å². The van der Waals surface area contributed by atoms with Gasteiger partial charge in [0.1, 0.15) is 0 Å². The minimum atomic E-state index is -1.03. The average molecular weight is 314 g/mol. The molecule has 0 amide bonds. The summed E-state index contributed by atoms with van der Waals surface area (Å²) in [4.78, 5) is 11.7. The van der Waals surface area contributed by atoms with Crippen molar-refractivity contribution in [2.75, 3.05) is 19.0 Å². The molecule has 1 aromatic carbocycles. The van der Waals surface area contributed by atoms with Crippen molar-refractivity contribution in [3.05, 3.63) is 28.7 Å². The number of carbonyl (C=O) groups is 1. The van der Waals surface area contributed by atoms with E-state index in [0.717, 1.165) is 23.0 Å². The van der Waals surface area contributed by atoms with Crippen molar-refractivity contribution in [3.63, 3.8) is 0 Å². The van der Waals surface area contributed by atoms with Gasteiger partial charge < -0.3 is 15.2 Å². The number of rotatable bonds is 6. The Hall–Kier alpha value is -1.07. The zero-order chi connectivity index (χ0) is 13.2. The van der Waals surface area contributed by atoms with Crippen molar-refractivity contribution >= 4 is 27.6 Å². The summed E-state index contributed by atoms with van der Waals surface area (Å²) in [6, 6.07) is 7.51. The van der Waals surface area contributed by atoms with Crippen molar-refractivity contribution in [2.24, 2.45) is 5.92 Å². The maximum Gasteiger partial charge on any atom is 0.332 e. The molecule has 2 rings (SSSR count). The van der Waals surface area contributed by atoms with Crippen LogP contribution in [0.5, 0.6) is 0 Å². The van der Waals surface area contributed by atoms with Gasteiger partial charge in [-0.15, -0.1) is 0 Å². The molecule has 1 atom stereocenters. The second kappa shape index (κ2) is 5.28. The molecule has 0 aliphatic heterocycles. The maximum atomic E-state index is 11.7. The summed E-state index contributed by atoms with van der Waals surface area (Å²) in [7, 11) is 1.53. The fraction of sp³-hybridized carbons (Fsp3) is 0.462. The Balaban J connectivity index is 2.30. The van der Waals surface area contributed by atoms with Gasteiger partial charge >= 0.3 is 5.97 Å². The highest BCUT2D eigenvalue weighted by Gasteiger charge is 2.51. The van der Waals surface area contributed by atoms with Gasteiger partial charge in [0.15, 0.2) is 5.54 Å². The van der Waals surface area contributed by atoms with Crippen LogP contribution in [0.4, 0.5) is 5.69 Å². The zero-order valence-corrected chi connectivity index (χ0v) is 11.7. The molecule has 0 radical (unpaired) electrons. The standard InChI is InChI=1S/C13H16BrNO3/c1-18-8-13(12(16)17,9-6-7-9)15-11-5-3-2-4-10(11)14/h2-5,9,15H,6-8H2,1H3,(H,16,17). The van der Waals surface area contributed by atoms with Gasteiger partial charge in [0.2, 0.25) is 0 Å². The van der Waals surface area contributed by atoms with Crippen molar-refractivity contribution in [1.29, 1.82) is 0 Å². The lowest BCUT2D eigenvalue weighted by Crippen LogP contribution is -2.52. The third-order valence-corrected chi connectivity index (χ3v) is 3.95. The van der Waals surface area contributed by atoms with Gasteiger partial charge in [-0.05, 0) is 46.8 Å². The molecule has 18 heavy (non-hydrogen) atoms. The van der Waals surface area contributed by atoms with Gasteiger partial charge in [0, 0.05) is 17.3 Å². The number of ether oxygens (including phenoxy) is 1. The van der Waals surface area contributed by atoms with Crippen molar-refractivity contribution < 1.29 is 14.6 Å². The number of para-hydroxylation sites is 1. The molecule has 0 saturated heterocycles. The summed E-state index contributed by atoms with van der Waals surface area (Å²) in [6.45, 7) is 0.161. The normalized spacial score (nSPS) is 18.1. The zero-order valence-electron chi connectivity index (χ0n) is 10.1. The smallest absolute Gasteiger partial charge is 0.332 e. The maximum absolute atomic E-state index is 11.7. The molecular formula is C13H16BrNO3. The molecule has 1 aliphatic rings. The Morgan fingerprint density at radius 2 is 2.22 bits per heavy atom. The van der Waals surface area contributed by atoms with Gasteiger partial charge in [0.05, 0.1) is 6.61 Å². The molecule has 4 nitrogen and oxygen atoms in total. The van der Waals surface area contributed by atoms with Gasteiger partial charge in [-0.2, -0.15) is 0 Å². The van der Waals surface area contributed by atoms with Gasteiger partial charge in [0.25, 0.3) is 0 Å². The molecular weight excluding hydrogens is 298 g/mol. The number of methoxy groups -OCH3 is 1. The highest BCUT2D eigenvalue weighted by Crippen LogP contribution is 2.43. The molecule has 98 valence electrons. The Kier molecular flexibility index (Phi) is 3.92. The average Bonchev–Trinajstić information content (AvgIpc) is 3.15. The van der Waals surface area contributed by atoms with Crippen LogP contribution in [0.15, 0.2) is 28.7 Å². The summed E-state index contributed by atoms with van der Waals surface area (Å²) >= 11 is 3.42. The molecule has 1 unspecified atom stereocenters. The first-order valence-electron chi connectivity index (χ1n) is 5.85. The number of benzene rings is 1. The van der Waals surface area contributed by atoms with Crippen LogP contribution >= 0.6 is 15.9 Å². The summed E-state index contributed by atoms with van der Waals surface area (Å²) in [5, 5.41) is 12.7. The van der Waals surface area contributed by atoms with E-state index < -0.39 is 11.5 Å². The van der Waals surface area contributed by atoms with Gasteiger partial charge in [-0.1, -0.05) is 12.1 Å². The highest BCUT2D eigenvalue weighted by atomic mass is 79.9. The van der Waals surface area contributed by atoms with E-state index in [9.17, 15) is 9.90 Å². The van der Waals surface area contributed by atoms with Crippen LogP contribution in [0.25, 0.3) is 0 Å². The first kappa shape index (κ1) is 13.4. The van der Waals surface area contributed by atoms with E-state index in [4.69, 9.17) is 4.74 Å². The molecule has 1 aromatic rings. The molecule has 1 fully saturated rings. The van der Waals surface area contributed by atoms with E-state index in [1.807, 2.05) is 24.3 Å². The molecule has 0 spiro atoms. The largest absolute Gasteiger partial charge is 0.479 e. The van der Waals surface area contributed by atoms with Crippen molar-refractivity contribution in [1.82, 2.24) is 0 Å². The molecule has 0 bridgehead atoms. The van der Waals surface area contributed by atoms with Crippen LogP contribution in [0.1, 0.15) is 12.8 Å². The second-order valence-electron chi connectivity index (χ2n) is 4.59. The molecule has 5 heteroatoms. The Labute approximate surface area is 114 Å². The number of halogens is 1. The predicted molar refractivity (Wildman–Crippen MR) is 72.7 cm³/mol. The Morgan fingerprint density at radius 1 is 1.56 bits per heavy atom. The van der Waals surface area contributed by atoms with E-state index in [-0.39, 0.29) is 12.5 Å². The number of carboxylic acids is 1. The lowest BCUT2D eigenvalue weighted by Gasteiger charge is -2.31. The quantitative estimate of drug-likeness (QED) is 0.848. The van der Waals surface area contributed by atoms with E-state index >= 15 is 0 Å². The predicted octanol–water partition coefficient (Wildman–Crippen LogP) is 2.74. The number of anilines is 1. The Morgan fingerprint density at radius 3 is 2.72 bits per heavy atom. The van der Waals surface area contributed by atoms with Crippen LogP contribution < -0.4 is 5.32 Å². The third-order valence-electron chi connectivity index (χ3n) is 3.26. The lowest BCUT2D eigenvalue weighted by atomic mass is 9.93. The monoisotopic (exact) mass is 313 g/mol. The minimum Gasteiger partial charge on any atom is -0.479 e. The van der Waals surface area contributed by atoms with E-state index in [1.165, 1.54) is 7.11 Å². The SMILES string of the molecule is COCC(Nc1ccccc1Br)(C(=O)O)C1CC1. The number of carboxylic acid groups (broad SMARTS) is 1. The Bertz CT molecular complexity index is 448. The second-order valence-corrected chi connectivity index (χ2v) is 5.44. The molecule has 0 heterocycles. The molecule has 0 aromatic heterocycles. The fourth-order valence-electron chi connectivity index (χ4n) is 2.15. The third kappa shape index (κ3) is 2.52. The number of hydrogen-bond acceptors (Lipinski definition) is 3. The number of nitrogens with one attached hydrogen (secondary N) is 1. The summed E-state index contributed by atoms with van der Waals surface area (Å²) < 4.78 is 5.98. The van der Waals surface area contributed by atoms with E-state index in [0.29, 0.717) is 0 Å². The molecule has 1 aliphatic carbocycles. The first-order valence-corrected chi connectivity index (χ1v) is 6.64. The van der Waals surface area contributed by atoms with Crippen molar-refractivity contribution in [3.8, 4) is 0 Å². The van der Waals surface area contributed by atoms with Crippen LogP contribution in [-0.4, -0.2) is 30.3 Å². The van der Waals surface area contributed by atoms with Crippen molar-refractivity contribution in [2.45, 2.75) is 18.4 Å².